The zero-order valence-corrected chi connectivity index (χ0v) is 13.6. The second-order valence-corrected chi connectivity index (χ2v) is 7.39. The van der Waals surface area contributed by atoms with Crippen LogP contribution in [0.3, 0.4) is 0 Å². The van der Waals surface area contributed by atoms with Crippen molar-refractivity contribution in [3.05, 3.63) is 30.2 Å². The minimum atomic E-state index is -0.0541. The fourth-order valence-corrected chi connectivity index (χ4v) is 3.43. The molecule has 1 fully saturated rings. The first-order valence-electron chi connectivity index (χ1n) is 8.08. The highest BCUT2D eigenvalue weighted by Crippen LogP contribution is 2.37. The van der Waals surface area contributed by atoms with Gasteiger partial charge in [0.15, 0.2) is 12.0 Å². The number of carbonyl (C=O) groups is 1. The number of aromatic nitrogens is 1. The Hall–Kier alpha value is -1.84. The van der Waals surface area contributed by atoms with E-state index in [2.05, 4.69) is 31.1 Å². The highest BCUT2D eigenvalue weighted by atomic mass is 16.3. The van der Waals surface area contributed by atoms with E-state index in [1.54, 1.807) is 6.07 Å². The van der Waals surface area contributed by atoms with Gasteiger partial charge in [-0.25, -0.2) is 4.98 Å². The van der Waals surface area contributed by atoms with Gasteiger partial charge in [-0.05, 0) is 49.1 Å². The number of fused-ring (bicyclic) bond motifs is 1. The second kappa shape index (κ2) is 5.75. The smallest absolute Gasteiger partial charge is 0.255 e. The zero-order chi connectivity index (χ0) is 15.7. The summed E-state index contributed by atoms with van der Waals surface area (Å²) >= 11 is 0. The molecule has 1 saturated carbocycles. The number of hydrogen-bond acceptors (Lipinski definition) is 3. The Labute approximate surface area is 131 Å². The van der Waals surface area contributed by atoms with Crippen molar-refractivity contribution in [3.8, 4) is 0 Å². The van der Waals surface area contributed by atoms with Crippen LogP contribution in [0, 0.1) is 11.3 Å². The average molecular weight is 300 g/mol. The summed E-state index contributed by atoms with van der Waals surface area (Å²) in [5.74, 6) is 0.694. The van der Waals surface area contributed by atoms with Crippen molar-refractivity contribution in [2.24, 2.45) is 11.3 Å². The number of carbonyl (C=O) groups excluding carboxylic acids is 1. The molecule has 0 radical (unpaired) electrons. The van der Waals surface area contributed by atoms with Crippen LogP contribution >= 0.6 is 0 Å². The molecule has 1 aromatic carbocycles. The third kappa shape index (κ3) is 3.01. The first-order valence-corrected chi connectivity index (χ1v) is 8.08. The topological polar surface area (TPSA) is 55.1 Å². The van der Waals surface area contributed by atoms with Gasteiger partial charge in [0, 0.05) is 6.04 Å². The normalized spacial score (nSPS) is 22.7. The van der Waals surface area contributed by atoms with Gasteiger partial charge in [-0.15, -0.1) is 0 Å². The molecule has 1 aliphatic rings. The van der Waals surface area contributed by atoms with Crippen LogP contribution in [-0.2, 0) is 0 Å². The number of benzene rings is 1. The minimum absolute atomic E-state index is 0.0541. The highest BCUT2D eigenvalue weighted by molar-refractivity contribution is 6.04. The third-order valence-electron chi connectivity index (χ3n) is 4.89. The number of para-hydroxylation sites is 1. The fraction of sp³-hybridized carbons (Fsp3) is 0.556. The summed E-state index contributed by atoms with van der Waals surface area (Å²) in [7, 11) is 0. The molecule has 0 atom stereocenters. The van der Waals surface area contributed by atoms with Crippen molar-refractivity contribution in [2.45, 2.75) is 52.5 Å². The largest absolute Gasteiger partial charge is 0.443 e. The van der Waals surface area contributed by atoms with E-state index in [4.69, 9.17) is 4.42 Å². The quantitative estimate of drug-likeness (QED) is 0.906. The van der Waals surface area contributed by atoms with E-state index < -0.39 is 0 Å². The van der Waals surface area contributed by atoms with E-state index in [-0.39, 0.29) is 11.9 Å². The maximum Gasteiger partial charge on any atom is 0.255 e. The van der Waals surface area contributed by atoms with Crippen LogP contribution in [0.2, 0.25) is 0 Å². The van der Waals surface area contributed by atoms with E-state index in [0.717, 1.165) is 24.3 Å². The lowest BCUT2D eigenvalue weighted by Crippen LogP contribution is -2.39. The lowest BCUT2D eigenvalue weighted by atomic mass is 9.71. The summed E-state index contributed by atoms with van der Waals surface area (Å²) in [5, 5.41) is 3.16. The molecule has 0 aliphatic heterocycles. The van der Waals surface area contributed by atoms with E-state index in [9.17, 15) is 4.79 Å². The van der Waals surface area contributed by atoms with Crippen LogP contribution in [0.1, 0.15) is 56.8 Å². The van der Waals surface area contributed by atoms with Gasteiger partial charge in [0.1, 0.15) is 5.52 Å². The summed E-state index contributed by atoms with van der Waals surface area (Å²) in [6.07, 6.45) is 5.86. The van der Waals surface area contributed by atoms with E-state index >= 15 is 0 Å². The molecule has 4 nitrogen and oxygen atoms in total. The molecule has 22 heavy (non-hydrogen) atoms. The number of amides is 1. The van der Waals surface area contributed by atoms with Gasteiger partial charge in [-0.3, -0.25) is 4.79 Å². The Balaban J connectivity index is 1.65. The molecule has 0 spiro atoms. The molecule has 1 heterocycles. The summed E-state index contributed by atoms with van der Waals surface area (Å²) in [5.41, 5.74) is 2.24. The van der Waals surface area contributed by atoms with Crippen LogP contribution < -0.4 is 5.32 Å². The summed E-state index contributed by atoms with van der Waals surface area (Å²) in [4.78, 5) is 16.6. The number of rotatable bonds is 2. The summed E-state index contributed by atoms with van der Waals surface area (Å²) in [6.45, 7) is 6.92. The van der Waals surface area contributed by atoms with E-state index in [1.165, 1.54) is 19.2 Å². The molecule has 1 N–H and O–H groups in total. The lowest BCUT2D eigenvalue weighted by molar-refractivity contribution is 0.0904. The van der Waals surface area contributed by atoms with Crippen molar-refractivity contribution in [2.75, 3.05) is 0 Å². The van der Waals surface area contributed by atoms with Gasteiger partial charge >= 0.3 is 0 Å². The number of nitrogens with one attached hydrogen (secondary N) is 1. The molecule has 3 rings (SSSR count). The summed E-state index contributed by atoms with van der Waals surface area (Å²) in [6, 6.07) is 5.76. The number of hydrogen-bond donors (Lipinski definition) is 1. The molecule has 1 amide bonds. The average Bonchev–Trinajstić information content (AvgIpc) is 2.95. The van der Waals surface area contributed by atoms with Crippen LogP contribution in [0.25, 0.3) is 11.1 Å². The van der Waals surface area contributed by atoms with Crippen molar-refractivity contribution in [1.29, 1.82) is 0 Å². The zero-order valence-electron chi connectivity index (χ0n) is 13.6. The number of oxazole rings is 1. The van der Waals surface area contributed by atoms with E-state index in [0.29, 0.717) is 16.6 Å². The molecule has 118 valence electrons. The SMILES string of the molecule is CC(C)(C)C1CCC(NC(=O)c2cccc3ncoc23)CC1. The molecular formula is C18H24N2O2. The standard InChI is InChI=1S/C18H24N2O2/c1-18(2,3)12-7-9-13(10-8-12)20-17(21)14-5-4-6-15-16(14)22-11-19-15/h4-6,11-13H,7-10H2,1-3H3,(H,20,21). The Morgan fingerprint density at radius 1 is 1.23 bits per heavy atom. The Kier molecular flexibility index (Phi) is 3.94. The van der Waals surface area contributed by atoms with Crippen LogP contribution in [0.4, 0.5) is 0 Å². The maximum atomic E-state index is 12.5. The Bertz CT molecular complexity index is 661. The first kappa shape index (κ1) is 15.1. The van der Waals surface area contributed by atoms with Gasteiger partial charge < -0.3 is 9.73 Å². The molecule has 1 aliphatic carbocycles. The van der Waals surface area contributed by atoms with Gasteiger partial charge in [0.05, 0.1) is 5.56 Å². The molecule has 0 bridgehead atoms. The monoisotopic (exact) mass is 300 g/mol. The summed E-state index contributed by atoms with van der Waals surface area (Å²) < 4.78 is 5.35. The van der Waals surface area contributed by atoms with Crippen molar-refractivity contribution >= 4 is 17.0 Å². The predicted molar refractivity (Wildman–Crippen MR) is 86.7 cm³/mol. The molecule has 0 unspecified atom stereocenters. The van der Waals surface area contributed by atoms with Crippen molar-refractivity contribution in [3.63, 3.8) is 0 Å². The fourth-order valence-electron chi connectivity index (χ4n) is 3.43. The van der Waals surface area contributed by atoms with Crippen LogP contribution in [0.5, 0.6) is 0 Å². The Morgan fingerprint density at radius 2 is 1.95 bits per heavy atom. The minimum Gasteiger partial charge on any atom is -0.443 e. The van der Waals surface area contributed by atoms with E-state index in [1.807, 2.05) is 12.1 Å². The molecule has 4 heteroatoms. The maximum absolute atomic E-state index is 12.5. The highest BCUT2D eigenvalue weighted by Gasteiger charge is 2.30. The molecule has 2 aromatic rings. The van der Waals surface area contributed by atoms with Gasteiger partial charge in [0.25, 0.3) is 5.91 Å². The lowest BCUT2D eigenvalue weighted by Gasteiger charge is -2.37. The van der Waals surface area contributed by atoms with Crippen molar-refractivity contribution in [1.82, 2.24) is 10.3 Å². The molecular weight excluding hydrogens is 276 g/mol. The third-order valence-corrected chi connectivity index (χ3v) is 4.89. The molecule has 0 saturated heterocycles. The number of nitrogens with zero attached hydrogens (tertiary/aromatic N) is 1. The second-order valence-electron chi connectivity index (χ2n) is 7.39. The predicted octanol–water partition coefficient (Wildman–Crippen LogP) is 4.16. The van der Waals surface area contributed by atoms with Gasteiger partial charge in [0.2, 0.25) is 0 Å². The van der Waals surface area contributed by atoms with Gasteiger partial charge in [-0.1, -0.05) is 26.8 Å². The van der Waals surface area contributed by atoms with Crippen LogP contribution in [-0.4, -0.2) is 16.9 Å². The van der Waals surface area contributed by atoms with Crippen LogP contribution in [0.15, 0.2) is 29.0 Å². The Morgan fingerprint density at radius 3 is 2.64 bits per heavy atom. The van der Waals surface area contributed by atoms with Gasteiger partial charge in [-0.2, -0.15) is 0 Å². The first-order chi connectivity index (χ1) is 10.4. The molecule has 1 aromatic heterocycles. The van der Waals surface area contributed by atoms with Crippen molar-refractivity contribution < 1.29 is 9.21 Å².